The van der Waals surface area contributed by atoms with E-state index in [2.05, 4.69) is 31.9 Å². The van der Waals surface area contributed by atoms with Crippen molar-refractivity contribution in [1.29, 1.82) is 0 Å². The monoisotopic (exact) mass is 632 g/mol. The number of rotatable bonds is 20. The summed E-state index contributed by atoms with van der Waals surface area (Å²) in [6.45, 7) is 3.77. The zero-order valence-electron chi connectivity index (χ0n) is 25.0. The van der Waals surface area contributed by atoms with Crippen LogP contribution in [0.25, 0.3) is 0 Å². The Morgan fingerprint density at radius 3 is 1.61 bits per heavy atom. The fraction of sp³-hybridized carbons (Fsp3) is 0.680. The Hall–Kier alpha value is -4.36. The van der Waals surface area contributed by atoms with Crippen LogP contribution in [0.1, 0.15) is 47.0 Å². The largest absolute Gasteiger partial charge is 0.480 e. The second kappa shape index (κ2) is 19.8. The fourth-order valence-electron chi connectivity index (χ4n) is 3.44. The molecule has 0 saturated carbocycles. The Morgan fingerprint density at radius 2 is 1.14 bits per heavy atom. The molecule has 0 aliphatic rings. The second-order valence-corrected chi connectivity index (χ2v) is 10.4. The summed E-state index contributed by atoms with van der Waals surface area (Å²) in [7, 11) is 0. The Morgan fingerprint density at radius 1 is 0.659 bits per heavy atom. The summed E-state index contributed by atoms with van der Waals surface area (Å²) in [6, 6.07) is -8.17. The van der Waals surface area contributed by atoms with Gasteiger partial charge in [-0.25, -0.2) is 4.79 Å². The highest BCUT2D eigenvalue weighted by atomic mass is 16.4. The molecule has 44 heavy (non-hydrogen) atoms. The van der Waals surface area contributed by atoms with Crippen LogP contribution in [0.5, 0.6) is 0 Å². The molecule has 0 spiro atoms. The Labute approximate surface area is 253 Å². The molecule has 0 heterocycles. The highest BCUT2D eigenvalue weighted by molar-refractivity contribution is 5.96. The van der Waals surface area contributed by atoms with Crippen LogP contribution < -0.4 is 43.4 Å². The topological polar surface area (TPSA) is 321 Å². The minimum Gasteiger partial charge on any atom is -0.480 e. The van der Waals surface area contributed by atoms with Crippen molar-refractivity contribution in [3.8, 4) is 0 Å². The molecular formula is C25H44N8O11. The van der Waals surface area contributed by atoms with E-state index in [1.165, 1.54) is 13.8 Å². The van der Waals surface area contributed by atoms with Crippen molar-refractivity contribution in [3.05, 3.63) is 0 Å². The standard InChI is InChI=1S/C25H44N8O11/c1-11(2)7-15(23(41)33-17(10-35)25(43)44)31-22(40)14(5-6-18(27)36)30-24(42)16(9-34)32-21(39)13(4)29-19(37)8-28-20(38)12(3)26/h11-17,34-35H,5-10,26H2,1-4H3,(H2,27,36)(H,28,38)(H,29,37)(H,30,42)(H,31,40)(H,32,39)(H,33,41)(H,43,44)/t12-,13-,14-,15-,16-,17-/m0/s1. The van der Waals surface area contributed by atoms with Gasteiger partial charge in [0.1, 0.15) is 30.2 Å². The summed E-state index contributed by atoms with van der Waals surface area (Å²) in [4.78, 5) is 97.4. The van der Waals surface area contributed by atoms with E-state index in [0.29, 0.717) is 0 Å². The molecule has 0 aliphatic carbocycles. The van der Waals surface area contributed by atoms with Crippen molar-refractivity contribution >= 4 is 47.3 Å². The number of nitrogens with two attached hydrogens (primary N) is 2. The third-order valence-electron chi connectivity index (χ3n) is 5.87. The molecule has 6 atom stereocenters. The molecule has 0 aromatic rings. The first-order valence-corrected chi connectivity index (χ1v) is 13.7. The summed E-state index contributed by atoms with van der Waals surface area (Å²) >= 11 is 0. The molecule has 0 rings (SSSR count). The lowest BCUT2D eigenvalue weighted by Gasteiger charge is -2.26. The summed E-state index contributed by atoms with van der Waals surface area (Å²) in [6.07, 6.45) is -0.702. The average Bonchev–Trinajstić information content (AvgIpc) is 2.93. The van der Waals surface area contributed by atoms with Crippen LogP contribution in [-0.2, 0) is 38.4 Å². The van der Waals surface area contributed by atoms with Gasteiger partial charge in [0.05, 0.1) is 25.8 Å². The van der Waals surface area contributed by atoms with Crippen LogP contribution in [-0.4, -0.2) is 119 Å². The maximum absolute atomic E-state index is 13.1. The van der Waals surface area contributed by atoms with Gasteiger partial charge in [-0.05, 0) is 32.6 Å². The summed E-state index contributed by atoms with van der Waals surface area (Å²) in [5.41, 5.74) is 10.6. The van der Waals surface area contributed by atoms with Gasteiger partial charge in [-0.1, -0.05) is 13.8 Å². The van der Waals surface area contributed by atoms with Crippen molar-refractivity contribution in [2.45, 2.75) is 83.2 Å². The third-order valence-corrected chi connectivity index (χ3v) is 5.87. The molecule has 0 aromatic heterocycles. The van der Waals surface area contributed by atoms with E-state index in [-0.39, 0.29) is 25.2 Å². The Balaban J connectivity index is 5.58. The number of carboxylic acid groups (broad SMARTS) is 1. The molecular weight excluding hydrogens is 588 g/mol. The first-order valence-electron chi connectivity index (χ1n) is 13.7. The van der Waals surface area contributed by atoms with Gasteiger partial charge in [0.25, 0.3) is 0 Å². The second-order valence-electron chi connectivity index (χ2n) is 10.4. The summed E-state index contributed by atoms with van der Waals surface area (Å²) < 4.78 is 0. The number of aliphatic carboxylic acids is 1. The van der Waals surface area contributed by atoms with E-state index in [1.54, 1.807) is 13.8 Å². The lowest BCUT2D eigenvalue weighted by Crippen LogP contribution is -2.59. The van der Waals surface area contributed by atoms with Gasteiger partial charge in [0, 0.05) is 6.42 Å². The van der Waals surface area contributed by atoms with E-state index >= 15 is 0 Å². The van der Waals surface area contributed by atoms with Gasteiger partial charge in [-0.3, -0.25) is 33.6 Å². The number of aliphatic hydroxyl groups is 2. The van der Waals surface area contributed by atoms with Gasteiger partial charge in [0.15, 0.2) is 0 Å². The van der Waals surface area contributed by atoms with E-state index in [1.807, 2.05) is 0 Å². The lowest BCUT2D eigenvalue weighted by molar-refractivity contribution is -0.143. The maximum Gasteiger partial charge on any atom is 0.328 e. The number of hydrogen-bond donors (Lipinski definition) is 11. The Kier molecular flexibility index (Phi) is 17.8. The van der Waals surface area contributed by atoms with Crippen LogP contribution in [0.15, 0.2) is 0 Å². The minimum absolute atomic E-state index is 0.0275. The molecule has 0 fully saturated rings. The number of carbonyl (C=O) groups is 8. The van der Waals surface area contributed by atoms with E-state index in [4.69, 9.17) is 16.6 Å². The van der Waals surface area contributed by atoms with Crippen molar-refractivity contribution in [3.63, 3.8) is 0 Å². The molecule has 19 nitrogen and oxygen atoms in total. The first-order chi connectivity index (χ1) is 20.4. The number of hydrogen-bond acceptors (Lipinski definition) is 11. The number of primary amides is 1. The molecule has 7 amide bonds. The van der Waals surface area contributed by atoms with Crippen molar-refractivity contribution in [2.24, 2.45) is 17.4 Å². The van der Waals surface area contributed by atoms with Crippen LogP contribution >= 0.6 is 0 Å². The highest BCUT2D eigenvalue weighted by Gasteiger charge is 2.32. The zero-order valence-corrected chi connectivity index (χ0v) is 25.0. The fourth-order valence-corrected chi connectivity index (χ4v) is 3.44. The molecule has 0 radical (unpaired) electrons. The number of nitrogens with one attached hydrogen (secondary N) is 6. The molecule has 0 aromatic carbocycles. The first kappa shape index (κ1) is 39.6. The highest BCUT2D eigenvalue weighted by Crippen LogP contribution is 2.08. The van der Waals surface area contributed by atoms with Crippen LogP contribution in [0, 0.1) is 5.92 Å². The molecule has 13 N–H and O–H groups in total. The SMILES string of the molecule is CC(C)C[C@H](NC(=O)[C@H](CCC(N)=O)NC(=O)[C@H](CO)NC(=O)[C@H](C)NC(=O)CNC(=O)[C@H](C)N)C(=O)N[C@@H](CO)C(=O)O. The van der Waals surface area contributed by atoms with Gasteiger partial charge in [0.2, 0.25) is 41.4 Å². The number of carboxylic acids is 1. The van der Waals surface area contributed by atoms with Crippen molar-refractivity contribution in [2.75, 3.05) is 19.8 Å². The molecule has 250 valence electrons. The quantitative estimate of drug-likeness (QED) is 0.0598. The van der Waals surface area contributed by atoms with Gasteiger partial charge < -0.3 is 58.7 Å². The van der Waals surface area contributed by atoms with Crippen LogP contribution in [0.2, 0.25) is 0 Å². The lowest BCUT2D eigenvalue weighted by atomic mass is 10.0. The molecule has 19 heteroatoms. The Bertz CT molecular complexity index is 1050. The van der Waals surface area contributed by atoms with E-state index < -0.39 is 103 Å². The predicted molar refractivity (Wildman–Crippen MR) is 152 cm³/mol. The van der Waals surface area contributed by atoms with E-state index in [0.717, 1.165) is 0 Å². The summed E-state index contributed by atoms with van der Waals surface area (Å²) in [5, 5.41) is 41.5. The molecule has 0 aliphatic heterocycles. The van der Waals surface area contributed by atoms with Crippen molar-refractivity contribution < 1.29 is 53.7 Å². The maximum atomic E-state index is 13.1. The smallest absolute Gasteiger partial charge is 0.328 e. The zero-order chi connectivity index (χ0) is 34.1. The minimum atomic E-state index is -1.64. The number of amides is 7. The van der Waals surface area contributed by atoms with Gasteiger partial charge >= 0.3 is 5.97 Å². The predicted octanol–water partition coefficient (Wildman–Crippen LogP) is -5.73. The van der Waals surface area contributed by atoms with E-state index in [9.17, 15) is 48.6 Å². The van der Waals surface area contributed by atoms with Gasteiger partial charge in [-0.2, -0.15) is 0 Å². The molecule has 0 saturated heterocycles. The number of carbonyl (C=O) groups excluding carboxylic acids is 7. The van der Waals surface area contributed by atoms with Crippen LogP contribution in [0.3, 0.4) is 0 Å². The normalized spacial score (nSPS) is 14.9. The van der Waals surface area contributed by atoms with Crippen molar-refractivity contribution in [1.82, 2.24) is 31.9 Å². The molecule has 0 unspecified atom stereocenters. The summed E-state index contributed by atoms with van der Waals surface area (Å²) in [5.74, 6) is -7.73. The third kappa shape index (κ3) is 15.2. The molecule has 0 bridgehead atoms. The van der Waals surface area contributed by atoms with Crippen LogP contribution in [0.4, 0.5) is 0 Å². The number of aliphatic hydroxyl groups excluding tert-OH is 2. The van der Waals surface area contributed by atoms with Gasteiger partial charge in [-0.15, -0.1) is 0 Å². The average molecular weight is 633 g/mol.